The molecular weight excluding hydrogens is 214 g/mol. The maximum absolute atomic E-state index is 11.0. The third-order valence-electron chi connectivity index (χ3n) is 2.14. The highest BCUT2D eigenvalue weighted by Gasteiger charge is 2.21. The van der Waals surface area contributed by atoms with Gasteiger partial charge in [0.05, 0.1) is 0 Å². The molecule has 0 aliphatic rings. The molecule has 0 bridgehead atoms. The van der Waals surface area contributed by atoms with Crippen molar-refractivity contribution < 1.29 is 9.90 Å². The van der Waals surface area contributed by atoms with Gasteiger partial charge in [-0.2, -0.15) is 0 Å². The van der Waals surface area contributed by atoms with E-state index in [1.807, 2.05) is 31.2 Å². The van der Waals surface area contributed by atoms with Gasteiger partial charge in [0, 0.05) is 0 Å². The number of benzene rings is 1. The van der Waals surface area contributed by atoms with Crippen molar-refractivity contribution in [3.63, 3.8) is 0 Å². The Kier molecular flexibility index (Phi) is 5.33. The predicted octanol–water partition coefficient (Wildman–Crippen LogP) is 2.10. The van der Waals surface area contributed by atoms with Gasteiger partial charge in [-0.25, -0.2) is 0 Å². The first-order valence-corrected chi connectivity index (χ1v) is 4.48. The number of halogens is 1. The fraction of sp³-hybridized carbons (Fsp3) is 0.364. The first kappa shape index (κ1) is 13.9. The molecular formula is C11H16ClNO2. The van der Waals surface area contributed by atoms with E-state index in [9.17, 15) is 4.79 Å². The van der Waals surface area contributed by atoms with Gasteiger partial charge >= 0.3 is 5.97 Å². The average molecular weight is 230 g/mol. The van der Waals surface area contributed by atoms with E-state index in [1.165, 1.54) is 0 Å². The Labute approximate surface area is 96.1 Å². The van der Waals surface area contributed by atoms with E-state index in [4.69, 9.17) is 5.11 Å². The molecule has 3 nitrogen and oxygen atoms in total. The van der Waals surface area contributed by atoms with Crippen LogP contribution in [-0.4, -0.2) is 30.1 Å². The molecule has 15 heavy (non-hydrogen) atoms. The zero-order chi connectivity index (χ0) is 10.7. The van der Waals surface area contributed by atoms with Crippen LogP contribution in [0.2, 0.25) is 0 Å². The molecule has 4 heteroatoms. The van der Waals surface area contributed by atoms with Crippen molar-refractivity contribution in [2.45, 2.75) is 13.0 Å². The number of rotatable bonds is 3. The lowest BCUT2D eigenvalue weighted by atomic mass is 10.0. The van der Waals surface area contributed by atoms with Crippen molar-refractivity contribution in [1.82, 2.24) is 4.90 Å². The Hall–Kier alpha value is -1.06. The molecule has 0 amide bonds. The molecule has 0 saturated heterocycles. The minimum absolute atomic E-state index is 0. The van der Waals surface area contributed by atoms with Gasteiger partial charge in [0.1, 0.15) is 6.04 Å². The quantitative estimate of drug-likeness (QED) is 0.863. The monoisotopic (exact) mass is 229 g/mol. The molecule has 0 radical (unpaired) electrons. The highest BCUT2D eigenvalue weighted by atomic mass is 35.5. The number of nitrogens with zero attached hydrogens (tertiary/aromatic N) is 1. The maximum atomic E-state index is 11.0. The van der Waals surface area contributed by atoms with Crippen LogP contribution in [0.3, 0.4) is 0 Å². The summed E-state index contributed by atoms with van der Waals surface area (Å²) in [5, 5.41) is 9.02. The van der Waals surface area contributed by atoms with Gasteiger partial charge in [0.25, 0.3) is 0 Å². The van der Waals surface area contributed by atoms with Gasteiger partial charge in [-0.1, -0.05) is 29.8 Å². The summed E-state index contributed by atoms with van der Waals surface area (Å²) >= 11 is 0. The molecule has 0 fully saturated rings. The number of carboxylic acid groups (broad SMARTS) is 1. The molecule has 1 aromatic rings. The molecule has 0 saturated carbocycles. The SMILES string of the molecule is Cc1ccc(C(C(=O)O)N(C)C)cc1.Cl. The summed E-state index contributed by atoms with van der Waals surface area (Å²) in [4.78, 5) is 12.7. The van der Waals surface area contributed by atoms with Crippen molar-refractivity contribution in [2.75, 3.05) is 14.1 Å². The third kappa shape index (κ3) is 3.53. The second kappa shape index (κ2) is 5.73. The molecule has 0 aliphatic heterocycles. The predicted molar refractivity (Wildman–Crippen MR) is 62.5 cm³/mol. The van der Waals surface area contributed by atoms with E-state index in [0.29, 0.717) is 0 Å². The number of carboxylic acids is 1. The minimum Gasteiger partial charge on any atom is -0.480 e. The first-order chi connectivity index (χ1) is 6.52. The molecule has 1 aromatic carbocycles. The van der Waals surface area contributed by atoms with Crippen molar-refractivity contribution >= 4 is 18.4 Å². The Bertz CT molecular complexity index is 322. The highest BCUT2D eigenvalue weighted by Crippen LogP contribution is 2.18. The van der Waals surface area contributed by atoms with Gasteiger partial charge in [-0.3, -0.25) is 9.69 Å². The van der Waals surface area contributed by atoms with Gasteiger partial charge in [-0.15, -0.1) is 12.4 Å². The molecule has 0 aromatic heterocycles. The van der Waals surface area contributed by atoms with E-state index >= 15 is 0 Å². The summed E-state index contributed by atoms with van der Waals surface area (Å²) in [5.74, 6) is -0.821. The number of aryl methyl sites for hydroxylation is 1. The Morgan fingerprint density at radius 1 is 1.27 bits per heavy atom. The molecule has 0 aliphatic carbocycles. The molecule has 84 valence electrons. The maximum Gasteiger partial charge on any atom is 0.325 e. The summed E-state index contributed by atoms with van der Waals surface area (Å²) in [6.07, 6.45) is 0. The highest BCUT2D eigenvalue weighted by molar-refractivity contribution is 5.85. The van der Waals surface area contributed by atoms with Crippen LogP contribution in [0.1, 0.15) is 17.2 Å². The van der Waals surface area contributed by atoms with Crippen molar-refractivity contribution in [2.24, 2.45) is 0 Å². The van der Waals surface area contributed by atoms with Crippen LogP contribution in [0.4, 0.5) is 0 Å². The lowest BCUT2D eigenvalue weighted by Gasteiger charge is -2.20. The zero-order valence-electron chi connectivity index (χ0n) is 9.10. The van der Waals surface area contributed by atoms with Crippen LogP contribution < -0.4 is 0 Å². The van der Waals surface area contributed by atoms with E-state index in [-0.39, 0.29) is 12.4 Å². The Morgan fingerprint density at radius 2 is 1.73 bits per heavy atom. The fourth-order valence-electron chi connectivity index (χ4n) is 1.41. The molecule has 0 spiro atoms. The lowest BCUT2D eigenvalue weighted by molar-refractivity contribution is -0.142. The third-order valence-corrected chi connectivity index (χ3v) is 2.14. The number of aliphatic carboxylic acids is 1. The number of hydrogen-bond donors (Lipinski definition) is 1. The largest absolute Gasteiger partial charge is 0.480 e. The van der Waals surface area contributed by atoms with Gasteiger partial charge in [-0.05, 0) is 26.6 Å². The summed E-state index contributed by atoms with van der Waals surface area (Å²) in [6, 6.07) is 7.00. The van der Waals surface area contributed by atoms with E-state index < -0.39 is 12.0 Å². The van der Waals surface area contributed by atoms with Gasteiger partial charge in [0.2, 0.25) is 0 Å². The second-order valence-corrected chi connectivity index (χ2v) is 3.62. The van der Waals surface area contributed by atoms with Crippen LogP contribution in [0.25, 0.3) is 0 Å². The number of carbonyl (C=O) groups is 1. The standard InChI is InChI=1S/C11H15NO2.ClH/c1-8-4-6-9(7-5-8)10(11(13)14)12(2)3;/h4-7,10H,1-3H3,(H,13,14);1H. The summed E-state index contributed by atoms with van der Waals surface area (Å²) in [5.41, 5.74) is 1.95. The van der Waals surface area contributed by atoms with Crippen LogP contribution >= 0.6 is 12.4 Å². The molecule has 1 atom stereocenters. The summed E-state index contributed by atoms with van der Waals surface area (Å²) in [6.45, 7) is 1.98. The normalized spacial score (nSPS) is 12.0. The molecule has 1 unspecified atom stereocenters. The van der Waals surface area contributed by atoms with Crippen molar-refractivity contribution in [1.29, 1.82) is 0 Å². The fourth-order valence-corrected chi connectivity index (χ4v) is 1.41. The van der Waals surface area contributed by atoms with E-state index in [0.717, 1.165) is 11.1 Å². The molecule has 1 rings (SSSR count). The zero-order valence-corrected chi connectivity index (χ0v) is 9.91. The van der Waals surface area contributed by atoms with Crippen LogP contribution in [-0.2, 0) is 4.79 Å². The topological polar surface area (TPSA) is 40.5 Å². The summed E-state index contributed by atoms with van der Waals surface area (Å²) < 4.78 is 0. The molecule has 0 heterocycles. The Balaban J connectivity index is 0.00000196. The van der Waals surface area contributed by atoms with Crippen LogP contribution in [0, 0.1) is 6.92 Å². The van der Waals surface area contributed by atoms with Crippen LogP contribution in [0.15, 0.2) is 24.3 Å². The Morgan fingerprint density at radius 3 is 2.07 bits per heavy atom. The number of hydrogen-bond acceptors (Lipinski definition) is 2. The average Bonchev–Trinajstić information content (AvgIpc) is 2.07. The van der Waals surface area contributed by atoms with Crippen molar-refractivity contribution in [3.8, 4) is 0 Å². The minimum atomic E-state index is -0.821. The number of likely N-dealkylation sites (N-methyl/N-ethyl adjacent to an activating group) is 1. The first-order valence-electron chi connectivity index (χ1n) is 4.48. The van der Waals surface area contributed by atoms with Crippen molar-refractivity contribution in [3.05, 3.63) is 35.4 Å². The lowest BCUT2D eigenvalue weighted by Crippen LogP contribution is -2.27. The van der Waals surface area contributed by atoms with Gasteiger partial charge < -0.3 is 5.11 Å². The second-order valence-electron chi connectivity index (χ2n) is 3.62. The van der Waals surface area contributed by atoms with E-state index in [1.54, 1.807) is 19.0 Å². The molecule has 1 N–H and O–H groups in total. The smallest absolute Gasteiger partial charge is 0.325 e. The van der Waals surface area contributed by atoms with E-state index in [2.05, 4.69) is 0 Å². The summed E-state index contributed by atoms with van der Waals surface area (Å²) in [7, 11) is 3.53. The van der Waals surface area contributed by atoms with Crippen LogP contribution in [0.5, 0.6) is 0 Å². The van der Waals surface area contributed by atoms with Gasteiger partial charge in [0.15, 0.2) is 0 Å².